The van der Waals surface area contributed by atoms with Gasteiger partial charge in [-0.05, 0) is 53.3 Å². The van der Waals surface area contributed by atoms with Crippen molar-refractivity contribution >= 4 is 0 Å². The smallest absolute Gasteiger partial charge is 0.123 e. The zero-order chi connectivity index (χ0) is 24.0. The van der Waals surface area contributed by atoms with Crippen LogP contribution in [0.1, 0.15) is 41.1 Å². The first kappa shape index (κ1) is 22.6. The van der Waals surface area contributed by atoms with E-state index in [0.29, 0.717) is 13.0 Å². The summed E-state index contributed by atoms with van der Waals surface area (Å²) in [6, 6.07) is 21.2. The predicted octanol–water partition coefficient (Wildman–Crippen LogP) is 5.86. The Kier molecular flexibility index (Phi) is 6.70. The Bertz CT molecular complexity index is 1380. The van der Waals surface area contributed by atoms with E-state index >= 15 is 0 Å². The van der Waals surface area contributed by atoms with E-state index in [4.69, 9.17) is 4.98 Å². The molecule has 0 fully saturated rings. The maximum atomic E-state index is 13.4. The molecule has 5 nitrogen and oxygen atoms in total. The normalized spacial score (nSPS) is 11.9. The molecule has 0 aliphatic carbocycles. The number of nitrogens with zero attached hydrogens (tertiary/aromatic N) is 5. The SMILES string of the molecule is C[C@H](Cc1cc(-c2cnn(Cc3ccccc3)c2)cc(Cc2cnccn2)n1)c1ccc(F)cc1. The minimum Gasteiger partial charge on any atom is -0.268 e. The lowest BCUT2D eigenvalue weighted by molar-refractivity contribution is 0.625. The van der Waals surface area contributed by atoms with E-state index in [0.717, 1.165) is 40.2 Å². The first-order valence-electron chi connectivity index (χ1n) is 11.7. The zero-order valence-electron chi connectivity index (χ0n) is 19.6. The van der Waals surface area contributed by atoms with E-state index in [2.05, 4.69) is 52.5 Å². The molecule has 0 aliphatic rings. The molecular weight excluding hydrogens is 437 g/mol. The Labute approximate surface area is 204 Å². The van der Waals surface area contributed by atoms with Gasteiger partial charge in [-0.25, -0.2) is 4.39 Å². The summed E-state index contributed by atoms with van der Waals surface area (Å²) < 4.78 is 15.3. The number of hydrogen-bond donors (Lipinski definition) is 0. The van der Waals surface area contributed by atoms with Crippen LogP contribution in [0.25, 0.3) is 11.1 Å². The second kappa shape index (κ2) is 10.4. The molecule has 0 saturated heterocycles. The third-order valence-corrected chi connectivity index (χ3v) is 6.02. The van der Waals surface area contributed by atoms with Crippen LogP contribution in [0.5, 0.6) is 0 Å². The van der Waals surface area contributed by atoms with E-state index in [1.54, 1.807) is 18.6 Å². The summed E-state index contributed by atoms with van der Waals surface area (Å²) in [6.45, 7) is 2.86. The highest BCUT2D eigenvalue weighted by Gasteiger charge is 2.13. The first-order valence-corrected chi connectivity index (χ1v) is 11.7. The van der Waals surface area contributed by atoms with Crippen molar-refractivity contribution in [1.82, 2.24) is 24.7 Å². The van der Waals surface area contributed by atoms with E-state index in [1.807, 2.05) is 41.2 Å². The van der Waals surface area contributed by atoms with Crippen LogP contribution in [0.15, 0.2) is 97.7 Å². The van der Waals surface area contributed by atoms with E-state index in [1.165, 1.54) is 17.7 Å². The fourth-order valence-corrected chi connectivity index (χ4v) is 4.21. The molecule has 1 atom stereocenters. The van der Waals surface area contributed by atoms with Gasteiger partial charge in [0, 0.05) is 48.2 Å². The summed E-state index contributed by atoms with van der Waals surface area (Å²) in [5.41, 5.74) is 7.18. The number of halogens is 1. The van der Waals surface area contributed by atoms with Crippen molar-refractivity contribution in [2.45, 2.75) is 32.2 Å². The van der Waals surface area contributed by atoms with Gasteiger partial charge in [0.2, 0.25) is 0 Å². The third-order valence-electron chi connectivity index (χ3n) is 6.02. The topological polar surface area (TPSA) is 56.5 Å². The van der Waals surface area contributed by atoms with Crippen LogP contribution < -0.4 is 0 Å². The van der Waals surface area contributed by atoms with Gasteiger partial charge in [-0.1, -0.05) is 49.4 Å². The summed E-state index contributed by atoms with van der Waals surface area (Å²) in [5, 5.41) is 4.59. The van der Waals surface area contributed by atoms with Gasteiger partial charge in [0.25, 0.3) is 0 Å². The molecule has 3 aromatic heterocycles. The average molecular weight is 464 g/mol. The summed E-state index contributed by atoms with van der Waals surface area (Å²) >= 11 is 0. The lowest BCUT2D eigenvalue weighted by Crippen LogP contribution is -2.04. The van der Waals surface area contributed by atoms with Gasteiger partial charge in [0.1, 0.15) is 5.82 Å². The molecule has 0 amide bonds. The van der Waals surface area contributed by atoms with Gasteiger partial charge in [-0.3, -0.25) is 19.6 Å². The molecule has 5 rings (SSSR count). The molecule has 0 bridgehead atoms. The van der Waals surface area contributed by atoms with Crippen molar-refractivity contribution in [1.29, 1.82) is 0 Å². The monoisotopic (exact) mass is 463 g/mol. The molecule has 174 valence electrons. The average Bonchev–Trinajstić information content (AvgIpc) is 3.34. The summed E-state index contributed by atoms with van der Waals surface area (Å²) in [7, 11) is 0. The van der Waals surface area contributed by atoms with Gasteiger partial charge in [0.05, 0.1) is 18.4 Å². The van der Waals surface area contributed by atoms with Crippen molar-refractivity contribution in [3.05, 3.63) is 132 Å². The highest BCUT2D eigenvalue weighted by molar-refractivity contribution is 5.62. The van der Waals surface area contributed by atoms with Crippen molar-refractivity contribution in [3.8, 4) is 11.1 Å². The molecule has 0 radical (unpaired) electrons. The first-order chi connectivity index (χ1) is 17.1. The minimum absolute atomic E-state index is 0.198. The Morgan fingerprint density at radius 2 is 1.66 bits per heavy atom. The Morgan fingerprint density at radius 1 is 0.857 bits per heavy atom. The number of aromatic nitrogens is 5. The van der Waals surface area contributed by atoms with E-state index < -0.39 is 0 Å². The van der Waals surface area contributed by atoms with Crippen LogP contribution in [-0.4, -0.2) is 24.7 Å². The maximum absolute atomic E-state index is 13.4. The van der Waals surface area contributed by atoms with Crippen molar-refractivity contribution in [2.75, 3.05) is 0 Å². The van der Waals surface area contributed by atoms with Crippen LogP contribution in [0.2, 0.25) is 0 Å². The van der Waals surface area contributed by atoms with E-state index in [9.17, 15) is 4.39 Å². The number of hydrogen-bond acceptors (Lipinski definition) is 4. The third kappa shape index (κ3) is 5.84. The molecule has 3 heterocycles. The lowest BCUT2D eigenvalue weighted by atomic mass is 9.94. The van der Waals surface area contributed by atoms with Gasteiger partial charge in [-0.2, -0.15) is 5.10 Å². The van der Waals surface area contributed by atoms with Crippen LogP contribution in [-0.2, 0) is 19.4 Å². The quantitative estimate of drug-likeness (QED) is 0.289. The Balaban J connectivity index is 1.44. The van der Waals surface area contributed by atoms with Crippen molar-refractivity contribution in [3.63, 3.8) is 0 Å². The molecule has 0 spiro atoms. The Morgan fingerprint density at radius 3 is 2.43 bits per heavy atom. The molecule has 0 aliphatic heterocycles. The number of pyridine rings is 1. The van der Waals surface area contributed by atoms with E-state index in [-0.39, 0.29) is 11.7 Å². The van der Waals surface area contributed by atoms with Gasteiger partial charge in [0.15, 0.2) is 0 Å². The molecule has 0 unspecified atom stereocenters. The van der Waals surface area contributed by atoms with Crippen molar-refractivity contribution < 1.29 is 4.39 Å². The van der Waals surface area contributed by atoms with Crippen LogP contribution in [0.4, 0.5) is 4.39 Å². The highest BCUT2D eigenvalue weighted by atomic mass is 19.1. The van der Waals surface area contributed by atoms with Crippen LogP contribution in [0.3, 0.4) is 0 Å². The number of rotatable bonds is 8. The zero-order valence-corrected chi connectivity index (χ0v) is 19.6. The second-order valence-electron chi connectivity index (χ2n) is 8.78. The molecule has 0 N–H and O–H groups in total. The molecular formula is C29H26FN5. The standard InChI is InChI=1S/C29H26FN5/c1-21(23-7-9-26(30)10-8-23)13-27-14-24(15-28(34-27)16-29-18-31-11-12-32-29)25-17-33-35(20-25)19-22-5-3-2-4-6-22/h2-12,14-15,17-18,20-21H,13,16,19H2,1H3/t21-/m1/s1. The molecule has 6 heteroatoms. The lowest BCUT2D eigenvalue weighted by Gasteiger charge is -2.14. The van der Waals surface area contributed by atoms with Crippen LogP contribution in [0, 0.1) is 5.82 Å². The summed E-state index contributed by atoms with van der Waals surface area (Å²) in [6.07, 6.45) is 10.4. The maximum Gasteiger partial charge on any atom is 0.123 e. The molecule has 0 saturated carbocycles. The van der Waals surface area contributed by atoms with Gasteiger partial charge >= 0.3 is 0 Å². The number of benzene rings is 2. The Hall–Kier alpha value is -4.19. The van der Waals surface area contributed by atoms with Gasteiger partial charge < -0.3 is 0 Å². The largest absolute Gasteiger partial charge is 0.268 e. The highest BCUT2D eigenvalue weighted by Crippen LogP contribution is 2.26. The van der Waals surface area contributed by atoms with Crippen molar-refractivity contribution in [2.24, 2.45) is 0 Å². The summed E-state index contributed by atoms with van der Waals surface area (Å²) in [5.74, 6) is -0.0247. The fourth-order valence-electron chi connectivity index (χ4n) is 4.21. The molecule has 5 aromatic rings. The molecule has 2 aromatic carbocycles. The van der Waals surface area contributed by atoms with Gasteiger partial charge in [-0.15, -0.1) is 0 Å². The minimum atomic E-state index is -0.222. The fraction of sp³-hybridized carbons (Fsp3) is 0.172. The molecule has 35 heavy (non-hydrogen) atoms. The summed E-state index contributed by atoms with van der Waals surface area (Å²) in [4.78, 5) is 13.6. The predicted molar refractivity (Wildman–Crippen MR) is 134 cm³/mol. The second-order valence-corrected chi connectivity index (χ2v) is 8.78. The van der Waals surface area contributed by atoms with Crippen LogP contribution >= 0.6 is 0 Å².